The molecule has 0 aliphatic carbocycles. The topological polar surface area (TPSA) is 15.3 Å². The van der Waals surface area contributed by atoms with Crippen LogP contribution in [-0.4, -0.2) is 31.6 Å². The van der Waals surface area contributed by atoms with E-state index < -0.39 is 11.7 Å². The summed E-state index contributed by atoms with van der Waals surface area (Å²) in [6.45, 7) is 2.59. The maximum atomic E-state index is 13.0. The number of nitrogens with zero attached hydrogens (tertiary/aromatic N) is 1. The first-order chi connectivity index (χ1) is 9.36. The number of rotatable bonds is 3. The molecule has 1 aromatic carbocycles. The fourth-order valence-electron chi connectivity index (χ4n) is 2.60. The first-order valence-corrected chi connectivity index (χ1v) is 7.44. The average molecular weight is 351 g/mol. The zero-order chi connectivity index (χ0) is 14.8. The molecule has 2 nitrogen and oxygen atoms in total. The fourth-order valence-corrected chi connectivity index (χ4v) is 2.96. The SMILES string of the molecule is CN1CCCC(CNc2ccc(Br)cc2C(F)(F)F)C1. The highest BCUT2D eigenvalue weighted by Crippen LogP contribution is 2.36. The van der Waals surface area contributed by atoms with Gasteiger partial charge in [-0.1, -0.05) is 15.9 Å². The third kappa shape index (κ3) is 4.12. The quantitative estimate of drug-likeness (QED) is 0.877. The number of anilines is 1. The number of alkyl halides is 3. The Morgan fingerprint density at radius 2 is 2.15 bits per heavy atom. The van der Waals surface area contributed by atoms with Gasteiger partial charge in [-0.15, -0.1) is 0 Å². The van der Waals surface area contributed by atoms with Crippen LogP contribution in [-0.2, 0) is 6.18 Å². The van der Waals surface area contributed by atoms with Gasteiger partial charge in [-0.05, 0) is 50.6 Å². The summed E-state index contributed by atoms with van der Waals surface area (Å²) in [4.78, 5) is 2.22. The molecule has 1 atom stereocenters. The van der Waals surface area contributed by atoms with Crippen molar-refractivity contribution in [3.63, 3.8) is 0 Å². The molecule has 1 saturated heterocycles. The first-order valence-electron chi connectivity index (χ1n) is 6.65. The largest absolute Gasteiger partial charge is 0.418 e. The number of hydrogen-bond donors (Lipinski definition) is 1. The van der Waals surface area contributed by atoms with Crippen LogP contribution in [0.4, 0.5) is 18.9 Å². The summed E-state index contributed by atoms with van der Waals surface area (Å²) in [5.41, 5.74) is -0.454. The Kier molecular flexibility index (Phi) is 4.96. The van der Waals surface area contributed by atoms with Gasteiger partial charge in [-0.3, -0.25) is 0 Å². The van der Waals surface area contributed by atoms with E-state index in [4.69, 9.17) is 0 Å². The molecular weight excluding hydrogens is 333 g/mol. The Labute approximate surface area is 125 Å². The zero-order valence-electron chi connectivity index (χ0n) is 11.3. The number of halogens is 4. The van der Waals surface area contributed by atoms with Crippen molar-refractivity contribution in [2.24, 2.45) is 5.92 Å². The van der Waals surface area contributed by atoms with Gasteiger partial charge >= 0.3 is 6.18 Å². The van der Waals surface area contributed by atoms with Gasteiger partial charge in [0.2, 0.25) is 0 Å². The summed E-state index contributed by atoms with van der Waals surface area (Å²) in [6.07, 6.45) is -2.17. The molecule has 1 heterocycles. The van der Waals surface area contributed by atoms with Gasteiger partial charge in [0.25, 0.3) is 0 Å². The molecule has 1 unspecified atom stereocenters. The van der Waals surface area contributed by atoms with E-state index in [1.807, 2.05) is 7.05 Å². The van der Waals surface area contributed by atoms with Gasteiger partial charge in [-0.25, -0.2) is 0 Å². The Morgan fingerprint density at radius 3 is 2.80 bits per heavy atom. The maximum Gasteiger partial charge on any atom is 0.418 e. The van der Waals surface area contributed by atoms with Crippen LogP contribution in [0.3, 0.4) is 0 Å². The molecule has 20 heavy (non-hydrogen) atoms. The van der Waals surface area contributed by atoms with Crippen molar-refractivity contribution >= 4 is 21.6 Å². The second-order valence-corrected chi connectivity index (χ2v) is 6.25. The predicted octanol–water partition coefficient (Wildman–Crippen LogP) is 4.22. The van der Waals surface area contributed by atoms with Crippen LogP contribution in [0.15, 0.2) is 22.7 Å². The van der Waals surface area contributed by atoms with Crippen molar-refractivity contribution in [3.8, 4) is 0 Å². The Bertz CT molecular complexity index is 462. The maximum absolute atomic E-state index is 13.0. The molecule has 0 amide bonds. The summed E-state index contributed by atoms with van der Waals surface area (Å²) in [5, 5.41) is 2.97. The van der Waals surface area contributed by atoms with Gasteiger partial charge in [-0.2, -0.15) is 13.2 Å². The third-order valence-corrected chi connectivity index (χ3v) is 4.08. The smallest absolute Gasteiger partial charge is 0.384 e. The molecule has 1 aromatic rings. The van der Waals surface area contributed by atoms with Crippen molar-refractivity contribution in [1.29, 1.82) is 0 Å². The molecule has 2 rings (SSSR count). The normalized spacial score (nSPS) is 20.9. The lowest BCUT2D eigenvalue weighted by Gasteiger charge is -2.30. The van der Waals surface area contributed by atoms with Crippen LogP contribution in [0.1, 0.15) is 18.4 Å². The van der Waals surface area contributed by atoms with E-state index in [0.717, 1.165) is 32.0 Å². The molecule has 0 radical (unpaired) electrons. The van der Waals surface area contributed by atoms with Gasteiger partial charge in [0.05, 0.1) is 5.56 Å². The Morgan fingerprint density at radius 1 is 1.40 bits per heavy atom. The van der Waals surface area contributed by atoms with E-state index in [1.54, 1.807) is 6.07 Å². The van der Waals surface area contributed by atoms with Crippen LogP contribution >= 0.6 is 15.9 Å². The van der Waals surface area contributed by atoms with Gasteiger partial charge in [0.1, 0.15) is 0 Å². The number of hydrogen-bond acceptors (Lipinski definition) is 2. The lowest BCUT2D eigenvalue weighted by atomic mass is 9.98. The van der Waals surface area contributed by atoms with E-state index in [0.29, 0.717) is 16.9 Å². The second kappa shape index (κ2) is 6.35. The molecule has 1 fully saturated rings. The number of nitrogens with one attached hydrogen (secondary N) is 1. The predicted molar refractivity (Wildman–Crippen MR) is 77.9 cm³/mol. The van der Waals surface area contributed by atoms with Gasteiger partial charge in [0.15, 0.2) is 0 Å². The van der Waals surface area contributed by atoms with E-state index in [9.17, 15) is 13.2 Å². The molecular formula is C14H18BrF3N2. The zero-order valence-corrected chi connectivity index (χ0v) is 12.9. The summed E-state index contributed by atoms with van der Waals surface area (Å²) < 4.78 is 39.4. The van der Waals surface area contributed by atoms with Crippen molar-refractivity contribution in [2.45, 2.75) is 19.0 Å². The average Bonchev–Trinajstić information content (AvgIpc) is 2.36. The number of likely N-dealkylation sites (tertiary alicyclic amines) is 1. The molecule has 1 aliphatic heterocycles. The van der Waals surface area contributed by atoms with E-state index >= 15 is 0 Å². The van der Waals surface area contributed by atoms with Crippen molar-refractivity contribution in [3.05, 3.63) is 28.2 Å². The van der Waals surface area contributed by atoms with Crippen LogP contribution in [0.25, 0.3) is 0 Å². The lowest BCUT2D eigenvalue weighted by molar-refractivity contribution is -0.137. The highest BCUT2D eigenvalue weighted by Gasteiger charge is 2.33. The molecule has 0 saturated carbocycles. The highest BCUT2D eigenvalue weighted by atomic mass is 79.9. The van der Waals surface area contributed by atoms with Crippen LogP contribution in [0.2, 0.25) is 0 Å². The Balaban J connectivity index is 2.05. The van der Waals surface area contributed by atoms with Crippen LogP contribution < -0.4 is 5.32 Å². The van der Waals surface area contributed by atoms with Crippen molar-refractivity contribution in [1.82, 2.24) is 4.90 Å². The summed E-state index contributed by atoms with van der Waals surface area (Å²) in [5.74, 6) is 0.401. The fraction of sp³-hybridized carbons (Fsp3) is 0.571. The lowest BCUT2D eigenvalue weighted by Crippen LogP contribution is -2.35. The second-order valence-electron chi connectivity index (χ2n) is 5.34. The Hall–Kier alpha value is -0.750. The minimum absolute atomic E-state index is 0.161. The van der Waals surface area contributed by atoms with E-state index in [2.05, 4.69) is 26.1 Å². The monoisotopic (exact) mass is 350 g/mol. The highest BCUT2D eigenvalue weighted by molar-refractivity contribution is 9.10. The van der Waals surface area contributed by atoms with Crippen molar-refractivity contribution < 1.29 is 13.2 Å². The molecule has 0 bridgehead atoms. The molecule has 1 aliphatic rings. The van der Waals surface area contributed by atoms with E-state index in [1.165, 1.54) is 6.07 Å². The standard InChI is InChI=1S/C14H18BrF3N2/c1-20-6-2-3-10(9-20)8-19-13-5-4-11(15)7-12(13)14(16,17)18/h4-5,7,10,19H,2-3,6,8-9H2,1H3. The summed E-state index contributed by atoms with van der Waals surface area (Å²) in [6, 6.07) is 4.24. The van der Waals surface area contributed by atoms with Gasteiger partial charge in [0, 0.05) is 23.2 Å². The number of piperidine rings is 1. The van der Waals surface area contributed by atoms with Crippen LogP contribution in [0.5, 0.6) is 0 Å². The summed E-state index contributed by atoms with van der Waals surface area (Å²) >= 11 is 3.09. The third-order valence-electron chi connectivity index (χ3n) is 3.59. The summed E-state index contributed by atoms with van der Waals surface area (Å²) in [7, 11) is 2.05. The number of benzene rings is 1. The molecule has 1 N–H and O–H groups in total. The first kappa shape index (κ1) is 15.6. The molecule has 6 heteroatoms. The van der Waals surface area contributed by atoms with E-state index in [-0.39, 0.29) is 5.69 Å². The van der Waals surface area contributed by atoms with Crippen molar-refractivity contribution in [2.75, 3.05) is 32.0 Å². The molecule has 0 aromatic heterocycles. The molecule has 0 spiro atoms. The molecule has 112 valence electrons. The minimum atomic E-state index is -4.34. The van der Waals surface area contributed by atoms with Crippen LogP contribution in [0, 0.1) is 5.92 Å². The van der Waals surface area contributed by atoms with Gasteiger partial charge < -0.3 is 10.2 Å². The minimum Gasteiger partial charge on any atom is -0.384 e.